The third-order valence-corrected chi connectivity index (χ3v) is 4.89. The van der Waals surface area contributed by atoms with E-state index >= 15 is 0 Å². The van der Waals surface area contributed by atoms with Gasteiger partial charge in [-0.2, -0.15) is 11.8 Å². The molecule has 19 heavy (non-hydrogen) atoms. The zero-order valence-corrected chi connectivity index (χ0v) is 12.9. The standard InChI is InChI=1S/C15H24N2OS/c1-4-18-13-7-5-6-12(14(13)16)17-9-8-15(2,3)19-11-10-17/h5-7H,4,8-11,16H2,1-3H3. The van der Waals surface area contributed by atoms with Crippen LogP contribution in [0.15, 0.2) is 18.2 Å². The van der Waals surface area contributed by atoms with E-state index < -0.39 is 0 Å². The van der Waals surface area contributed by atoms with Crippen molar-refractivity contribution in [1.29, 1.82) is 0 Å². The second kappa shape index (κ2) is 5.95. The predicted molar refractivity (Wildman–Crippen MR) is 85.4 cm³/mol. The average Bonchev–Trinajstić information content (AvgIpc) is 2.53. The van der Waals surface area contributed by atoms with Crippen molar-refractivity contribution in [2.45, 2.75) is 31.9 Å². The normalized spacial score (nSPS) is 19.0. The van der Waals surface area contributed by atoms with E-state index in [0.29, 0.717) is 11.4 Å². The van der Waals surface area contributed by atoms with Gasteiger partial charge in [-0.25, -0.2) is 0 Å². The molecule has 1 aromatic carbocycles. The molecule has 1 fully saturated rings. The first-order valence-corrected chi connectivity index (χ1v) is 7.92. The molecule has 3 nitrogen and oxygen atoms in total. The van der Waals surface area contributed by atoms with Crippen LogP contribution in [0.1, 0.15) is 27.2 Å². The molecule has 0 radical (unpaired) electrons. The number of anilines is 2. The fourth-order valence-electron chi connectivity index (χ4n) is 2.35. The van der Waals surface area contributed by atoms with Crippen LogP contribution in [-0.2, 0) is 0 Å². The summed E-state index contributed by atoms with van der Waals surface area (Å²) in [4.78, 5) is 2.39. The van der Waals surface area contributed by atoms with Gasteiger partial charge in [0.25, 0.3) is 0 Å². The van der Waals surface area contributed by atoms with Crippen molar-refractivity contribution in [2.24, 2.45) is 0 Å². The zero-order chi connectivity index (χ0) is 13.9. The van der Waals surface area contributed by atoms with E-state index in [2.05, 4.69) is 24.8 Å². The first-order chi connectivity index (χ1) is 9.03. The zero-order valence-electron chi connectivity index (χ0n) is 12.1. The van der Waals surface area contributed by atoms with Crippen LogP contribution in [0.3, 0.4) is 0 Å². The summed E-state index contributed by atoms with van der Waals surface area (Å²) in [5.41, 5.74) is 8.13. The van der Waals surface area contributed by atoms with Gasteiger partial charge in [-0.05, 0) is 25.5 Å². The fraction of sp³-hybridized carbons (Fsp3) is 0.600. The van der Waals surface area contributed by atoms with Gasteiger partial charge >= 0.3 is 0 Å². The van der Waals surface area contributed by atoms with E-state index in [0.717, 1.165) is 36.0 Å². The van der Waals surface area contributed by atoms with E-state index in [1.54, 1.807) is 0 Å². The molecule has 0 atom stereocenters. The maximum absolute atomic E-state index is 6.25. The van der Waals surface area contributed by atoms with Gasteiger partial charge in [0, 0.05) is 23.6 Å². The molecule has 0 spiro atoms. The summed E-state index contributed by atoms with van der Waals surface area (Å²) >= 11 is 2.05. The molecule has 0 aliphatic carbocycles. The lowest BCUT2D eigenvalue weighted by Crippen LogP contribution is -2.27. The molecule has 0 unspecified atom stereocenters. The lowest BCUT2D eigenvalue weighted by atomic mass is 10.1. The third kappa shape index (κ3) is 3.50. The Kier molecular flexibility index (Phi) is 4.50. The first kappa shape index (κ1) is 14.4. The molecule has 0 amide bonds. The molecule has 0 bridgehead atoms. The first-order valence-electron chi connectivity index (χ1n) is 6.94. The SMILES string of the molecule is CCOc1cccc(N2CCSC(C)(C)CC2)c1N. The van der Waals surface area contributed by atoms with Crippen molar-refractivity contribution in [1.82, 2.24) is 0 Å². The molecular formula is C15H24N2OS. The Labute approximate surface area is 120 Å². The largest absolute Gasteiger partial charge is 0.492 e. The molecule has 1 aliphatic rings. The maximum Gasteiger partial charge on any atom is 0.144 e. The van der Waals surface area contributed by atoms with Crippen molar-refractivity contribution >= 4 is 23.1 Å². The number of nitrogens with zero attached hydrogens (tertiary/aromatic N) is 1. The van der Waals surface area contributed by atoms with E-state index in [1.165, 1.54) is 6.42 Å². The molecule has 2 N–H and O–H groups in total. The van der Waals surface area contributed by atoms with Crippen LogP contribution in [0, 0.1) is 0 Å². The predicted octanol–water partition coefficient (Wildman–Crippen LogP) is 3.39. The number of hydrogen-bond acceptors (Lipinski definition) is 4. The van der Waals surface area contributed by atoms with Gasteiger partial charge in [0.15, 0.2) is 0 Å². The second-order valence-electron chi connectivity index (χ2n) is 5.47. The summed E-state index contributed by atoms with van der Waals surface area (Å²) in [6.45, 7) is 9.38. The van der Waals surface area contributed by atoms with Crippen molar-refractivity contribution in [3.8, 4) is 5.75 Å². The number of ether oxygens (including phenoxy) is 1. The van der Waals surface area contributed by atoms with Crippen LogP contribution in [0.5, 0.6) is 5.75 Å². The molecule has 1 aromatic rings. The molecule has 1 aliphatic heterocycles. The lowest BCUT2D eigenvalue weighted by Gasteiger charge is -2.26. The Morgan fingerprint density at radius 2 is 2.16 bits per heavy atom. The highest BCUT2D eigenvalue weighted by Gasteiger charge is 2.24. The Bertz CT molecular complexity index is 434. The minimum atomic E-state index is 0.362. The van der Waals surface area contributed by atoms with Gasteiger partial charge in [-0.3, -0.25) is 0 Å². The summed E-state index contributed by atoms with van der Waals surface area (Å²) in [6.07, 6.45) is 1.18. The smallest absolute Gasteiger partial charge is 0.144 e. The minimum absolute atomic E-state index is 0.362. The topological polar surface area (TPSA) is 38.5 Å². The van der Waals surface area contributed by atoms with E-state index in [9.17, 15) is 0 Å². The Morgan fingerprint density at radius 1 is 1.37 bits per heavy atom. The van der Waals surface area contributed by atoms with Gasteiger partial charge < -0.3 is 15.4 Å². The lowest BCUT2D eigenvalue weighted by molar-refractivity contribution is 0.342. The third-order valence-electron chi connectivity index (χ3n) is 3.52. The van der Waals surface area contributed by atoms with Crippen molar-refractivity contribution < 1.29 is 4.74 Å². The molecule has 106 valence electrons. The maximum atomic E-state index is 6.25. The Balaban J connectivity index is 2.19. The molecule has 4 heteroatoms. The Hall–Kier alpha value is -1.03. The van der Waals surface area contributed by atoms with Crippen LogP contribution in [-0.4, -0.2) is 30.2 Å². The van der Waals surface area contributed by atoms with E-state index in [1.807, 2.05) is 30.8 Å². The number of para-hydroxylation sites is 1. The molecule has 0 saturated carbocycles. The number of hydrogen-bond donors (Lipinski definition) is 1. The number of thioether (sulfide) groups is 1. The van der Waals surface area contributed by atoms with Crippen LogP contribution in [0.2, 0.25) is 0 Å². The molecule has 0 aromatic heterocycles. The van der Waals surface area contributed by atoms with E-state index in [-0.39, 0.29) is 0 Å². The number of benzene rings is 1. The summed E-state index contributed by atoms with van der Waals surface area (Å²) < 4.78 is 5.95. The summed E-state index contributed by atoms with van der Waals surface area (Å²) in [7, 11) is 0. The summed E-state index contributed by atoms with van der Waals surface area (Å²) in [5.74, 6) is 1.95. The molecular weight excluding hydrogens is 256 g/mol. The van der Waals surface area contributed by atoms with Crippen molar-refractivity contribution in [2.75, 3.05) is 36.1 Å². The van der Waals surface area contributed by atoms with Crippen LogP contribution in [0.4, 0.5) is 11.4 Å². The monoisotopic (exact) mass is 280 g/mol. The van der Waals surface area contributed by atoms with Gasteiger partial charge in [-0.15, -0.1) is 0 Å². The highest BCUT2D eigenvalue weighted by atomic mass is 32.2. The van der Waals surface area contributed by atoms with Crippen LogP contribution < -0.4 is 15.4 Å². The van der Waals surface area contributed by atoms with Crippen molar-refractivity contribution in [3.63, 3.8) is 0 Å². The molecule has 1 saturated heterocycles. The minimum Gasteiger partial charge on any atom is -0.492 e. The molecule has 2 rings (SSSR count). The van der Waals surface area contributed by atoms with Gasteiger partial charge in [0.2, 0.25) is 0 Å². The van der Waals surface area contributed by atoms with Gasteiger partial charge in [0.1, 0.15) is 5.75 Å². The van der Waals surface area contributed by atoms with Crippen LogP contribution >= 0.6 is 11.8 Å². The summed E-state index contributed by atoms with van der Waals surface area (Å²) in [5, 5.41) is 0. The highest BCUT2D eigenvalue weighted by molar-refractivity contribution is 8.00. The fourth-order valence-corrected chi connectivity index (χ4v) is 3.45. The second-order valence-corrected chi connectivity index (χ2v) is 7.27. The molecule has 1 heterocycles. The highest BCUT2D eigenvalue weighted by Crippen LogP contribution is 2.36. The number of nitrogens with two attached hydrogens (primary N) is 1. The van der Waals surface area contributed by atoms with Crippen molar-refractivity contribution in [3.05, 3.63) is 18.2 Å². The van der Waals surface area contributed by atoms with Gasteiger partial charge in [-0.1, -0.05) is 19.9 Å². The summed E-state index contributed by atoms with van der Waals surface area (Å²) in [6, 6.07) is 6.07. The number of rotatable bonds is 3. The van der Waals surface area contributed by atoms with E-state index in [4.69, 9.17) is 10.5 Å². The number of nitrogen functional groups attached to an aromatic ring is 1. The average molecular weight is 280 g/mol. The Morgan fingerprint density at radius 3 is 2.89 bits per heavy atom. The van der Waals surface area contributed by atoms with Gasteiger partial charge in [0.05, 0.1) is 18.0 Å². The van der Waals surface area contributed by atoms with Crippen LogP contribution in [0.25, 0.3) is 0 Å². The quantitative estimate of drug-likeness (QED) is 0.861.